The first-order valence-electron chi connectivity index (χ1n) is 26.8. The van der Waals surface area contributed by atoms with E-state index in [9.17, 15) is 5.11 Å². The molecular formula is C58H67NO. The van der Waals surface area contributed by atoms with Crippen molar-refractivity contribution in [2.45, 2.75) is 116 Å². The second kappa shape index (κ2) is 10.5. The molecule has 16 aliphatic carbocycles. The molecule has 24 atom stereocenters. The summed E-state index contributed by atoms with van der Waals surface area (Å²) in [6, 6.07) is 9.29. The van der Waals surface area contributed by atoms with Crippen LogP contribution in [0.2, 0.25) is 0 Å². The molecule has 0 amide bonds. The van der Waals surface area contributed by atoms with Crippen LogP contribution in [-0.2, 0) is 0 Å². The maximum Gasteiger partial charge on any atom is 0.115 e. The molecule has 310 valence electrons. The number of fused-ring (bicyclic) bond motifs is 1. The summed E-state index contributed by atoms with van der Waals surface area (Å²) in [6.07, 6.45) is 29.3. The molecule has 24 unspecified atom stereocenters. The summed E-state index contributed by atoms with van der Waals surface area (Å²) in [4.78, 5) is 3.03. The van der Waals surface area contributed by atoms with Crippen molar-refractivity contribution >= 4 is 5.69 Å². The SMILES string of the molecule is CCCCCCCCCCCC1N(c2ccc(O)cc2)CC2C3=C4C5=C6C7C(C=C8CC9CC%10C=C%11CC%12CC(=C%13C4C4C5C5C7C8C7C9C%10C8C%11C(C%13%12)C4C8C57)C3)CC621. The van der Waals surface area contributed by atoms with Crippen LogP contribution in [0, 0.1) is 136 Å². The lowest BCUT2D eigenvalue weighted by Crippen LogP contribution is -2.56. The van der Waals surface area contributed by atoms with Crippen LogP contribution >= 0.6 is 0 Å². The van der Waals surface area contributed by atoms with Crippen LogP contribution in [0.5, 0.6) is 5.75 Å². The summed E-state index contributed by atoms with van der Waals surface area (Å²) in [5.74, 6) is 21.7. The van der Waals surface area contributed by atoms with Crippen LogP contribution in [-0.4, -0.2) is 17.7 Å². The molecule has 0 bridgehead atoms. The van der Waals surface area contributed by atoms with Gasteiger partial charge in [0.25, 0.3) is 0 Å². The van der Waals surface area contributed by atoms with Crippen molar-refractivity contribution in [2.24, 2.45) is 136 Å². The minimum Gasteiger partial charge on any atom is -0.508 e. The highest BCUT2D eigenvalue weighted by Gasteiger charge is 2.86. The Bertz CT molecular complexity index is 2390. The topological polar surface area (TPSA) is 23.5 Å². The number of anilines is 1. The molecule has 1 spiro atoms. The molecule has 18 rings (SSSR count). The van der Waals surface area contributed by atoms with Gasteiger partial charge in [-0.1, -0.05) is 110 Å². The van der Waals surface area contributed by atoms with Crippen molar-refractivity contribution in [2.75, 3.05) is 11.4 Å². The molecule has 60 heavy (non-hydrogen) atoms. The number of aromatic hydroxyl groups is 1. The molecule has 17 aliphatic rings. The lowest BCUT2D eigenvalue weighted by Gasteiger charge is -2.60. The Balaban J connectivity index is 0.855. The number of phenols is 1. The van der Waals surface area contributed by atoms with E-state index in [0.29, 0.717) is 23.1 Å². The molecular weight excluding hydrogens is 727 g/mol. The molecule has 2 heteroatoms. The summed E-state index contributed by atoms with van der Waals surface area (Å²) >= 11 is 0. The fourth-order valence-corrected chi connectivity index (χ4v) is 25.2. The van der Waals surface area contributed by atoms with Gasteiger partial charge in [-0.25, -0.2) is 0 Å². The first-order valence-corrected chi connectivity index (χ1v) is 26.8. The minimum atomic E-state index is 0.312. The van der Waals surface area contributed by atoms with E-state index in [1.165, 1.54) is 109 Å². The Hall–Kier alpha value is -2.48. The monoisotopic (exact) mass is 794 g/mol. The number of allylic oxidation sites excluding steroid dienone is 8. The molecule has 1 saturated heterocycles. The van der Waals surface area contributed by atoms with Gasteiger partial charge in [-0.2, -0.15) is 0 Å². The van der Waals surface area contributed by atoms with Gasteiger partial charge in [0.05, 0.1) is 0 Å². The smallest absolute Gasteiger partial charge is 0.115 e. The summed E-state index contributed by atoms with van der Waals surface area (Å²) in [5.41, 5.74) is 18.6. The third-order valence-electron chi connectivity index (χ3n) is 25.0. The normalized spacial score (nSPS) is 56.5. The van der Waals surface area contributed by atoms with E-state index >= 15 is 0 Å². The Morgan fingerprint density at radius 2 is 1.33 bits per heavy atom. The average molecular weight is 794 g/mol. The molecule has 10 saturated carbocycles. The van der Waals surface area contributed by atoms with Crippen molar-refractivity contribution in [1.29, 1.82) is 0 Å². The van der Waals surface area contributed by atoms with E-state index in [2.05, 4.69) is 75.1 Å². The molecule has 1 heterocycles. The van der Waals surface area contributed by atoms with Crippen molar-refractivity contribution in [3.8, 4) is 5.75 Å². The largest absolute Gasteiger partial charge is 0.508 e. The third kappa shape index (κ3) is 3.24. The maximum atomic E-state index is 10.6. The van der Waals surface area contributed by atoms with Gasteiger partial charge in [-0.15, -0.1) is 0 Å². The zero-order chi connectivity index (χ0) is 38.4. The zero-order valence-electron chi connectivity index (χ0n) is 36.2. The van der Waals surface area contributed by atoms with Crippen LogP contribution in [0.15, 0.2) is 81.0 Å². The number of benzene rings is 1. The molecule has 1 aliphatic heterocycles. The van der Waals surface area contributed by atoms with Gasteiger partial charge < -0.3 is 10.0 Å². The standard InChI is InChI=1S/C58H67NO/c1-2-3-4-5-6-7-8-9-10-11-36-58-23-31-21-29-19-26-16-25-17-28-18-27-20-30-22-34(35(58)24-59(36)32-12-14-33(60)15-13-32)44-49-40(30)39(27)46-41(28)45-37(25)38(26)47-42(29)48-43(31)57(58)56(44)55-53(48)51(47)50(45)52(46)54(49)55/h12-15,17,21,25-27,31,35-39,41-43,45-55,60H,2-11,16,18-20,22-24H2,1H3. The fourth-order valence-electron chi connectivity index (χ4n) is 25.2. The maximum absolute atomic E-state index is 10.6. The van der Waals surface area contributed by atoms with Gasteiger partial charge in [0.2, 0.25) is 0 Å². The van der Waals surface area contributed by atoms with E-state index in [-0.39, 0.29) is 0 Å². The molecule has 1 N–H and O–H groups in total. The van der Waals surface area contributed by atoms with Crippen molar-refractivity contribution in [3.05, 3.63) is 81.0 Å². The van der Waals surface area contributed by atoms with Gasteiger partial charge in [0, 0.05) is 35.5 Å². The van der Waals surface area contributed by atoms with Gasteiger partial charge >= 0.3 is 0 Å². The van der Waals surface area contributed by atoms with Gasteiger partial charge in [0.15, 0.2) is 0 Å². The quantitative estimate of drug-likeness (QED) is 0.178. The summed E-state index contributed by atoms with van der Waals surface area (Å²) < 4.78 is 0. The molecule has 0 radical (unpaired) electrons. The molecule has 1 aromatic carbocycles. The van der Waals surface area contributed by atoms with Crippen LogP contribution in [0.25, 0.3) is 0 Å². The summed E-state index contributed by atoms with van der Waals surface area (Å²) in [7, 11) is 0. The summed E-state index contributed by atoms with van der Waals surface area (Å²) in [6.45, 7) is 3.58. The number of rotatable bonds is 11. The zero-order valence-corrected chi connectivity index (χ0v) is 36.2. The number of phenolic OH excluding ortho intramolecular Hbond substituents is 1. The Morgan fingerprint density at radius 3 is 2.17 bits per heavy atom. The van der Waals surface area contributed by atoms with Crippen molar-refractivity contribution < 1.29 is 5.11 Å². The van der Waals surface area contributed by atoms with E-state index in [1.807, 2.05) is 17.7 Å². The number of hydrogen-bond acceptors (Lipinski definition) is 2. The first-order chi connectivity index (χ1) is 29.7. The molecule has 0 aromatic heterocycles. The van der Waals surface area contributed by atoms with Crippen LogP contribution < -0.4 is 4.90 Å². The Morgan fingerprint density at radius 1 is 0.633 bits per heavy atom. The minimum absolute atomic E-state index is 0.312. The van der Waals surface area contributed by atoms with E-state index in [1.54, 1.807) is 6.42 Å². The lowest BCUT2D eigenvalue weighted by atomic mass is 9.44. The van der Waals surface area contributed by atoms with Crippen molar-refractivity contribution in [3.63, 3.8) is 0 Å². The molecule has 2 nitrogen and oxygen atoms in total. The number of unbranched alkanes of at least 4 members (excludes halogenated alkanes) is 8. The van der Waals surface area contributed by atoms with E-state index in [4.69, 9.17) is 0 Å². The molecule has 11 fully saturated rings. The van der Waals surface area contributed by atoms with E-state index < -0.39 is 0 Å². The number of hydrogen-bond donors (Lipinski definition) is 1. The third-order valence-corrected chi connectivity index (χ3v) is 25.0. The first kappa shape index (κ1) is 33.1. The van der Waals surface area contributed by atoms with Gasteiger partial charge in [-0.05, 0) is 199 Å². The lowest BCUT2D eigenvalue weighted by molar-refractivity contribution is -0.108. The highest BCUT2D eigenvalue weighted by Crippen LogP contribution is 2.91. The molecule has 1 aromatic rings. The van der Waals surface area contributed by atoms with Gasteiger partial charge in [0.1, 0.15) is 5.75 Å². The second-order valence-corrected chi connectivity index (χ2v) is 25.7. The van der Waals surface area contributed by atoms with E-state index in [0.717, 1.165) is 124 Å². The summed E-state index contributed by atoms with van der Waals surface area (Å²) in [5, 5.41) is 10.6. The Labute approximate surface area is 358 Å². The van der Waals surface area contributed by atoms with Crippen LogP contribution in [0.4, 0.5) is 5.69 Å². The highest BCUT2D eigenvalue weighted by atomic mass is 16.3. The van der Waals surface area contributed by atoms with Crippen LogP contribution in [0.3, 0.4) is 0 Å². The van der Waals surface area contributed by atoms with Gasteiger partial charge in [-0.3, -0.25) is 0 Å². The Kier molecular flexibility index (Phi) is 5.82. The second-order valence-electron chi connectivity index (χ2n) is 25.7. The average Bonchev–Trinajstić information content (AvgIpc) is 4.11. The predicted octanol–water partition coefficient (Wildman–Crippen LogP) is 12.3. The predicted molar refractivity (Wildman–Crippen MR) is 235 cm³/mol. The van der Waals surface area contributed by atoms with Crippen LogP contribution in [0.1, 0.15) is 110 Å². The number of nitrogens with zero attached hydrogens (tertiary/aromatic N) is 1. The highest BCUT2D eigenvalue weighted by molar-refractivity contribution is 5.70. The van der Waals surface area contributed by atoms with Crippen molar-refractivity contribution in [1.82, 2.24) is 0 Å². The fraction of sp³-hybridized carbons (Fsp3) is 0.724.